The smallest absolute Gasteiger partial charge is 0.320 e. The number of nitrogens with one attached hydrogen (secondary N) is 1. The van der Waals surface area contributed by atoms with Gasteiger partial charge in [0, 0.05) is 6.61 Å². The second kappa shape index (κ2) is 6.25. The molecule has 2 bridgehead atoms. The van der Waals surface area contributed by atoms with Crippen LogP contribution in [0.5, 0.6) is 0 Å². The molecule has 0 heterocycles. The van der Waals surface area contributed by atoms with Crippen LogP contribution in [0.1, 0.15) is 59.8 Å². The average molecular weight is 297 g/mol. The zero-order chi connectivity index (χ0) is 15.7. The maximum Gasteiger partial charge on any atom is 0.320 e. The van der Waals surface area contributed by atoms with Gasteiger partial charge in [0.1, 0.15) is 6.04 Å². The molecule has 2 fully saturated rings. The van der Waals surface area contributed by atoms with Crippen LogP contribution in [-0.4, -0.2) is 36.4 Å². The maximum atomic E-state index is 11.2. The van der Waals surface area contributed by atoms with Crippen LogP contribution >= 0.6 is 0 Å². The lowest BCUT2D eigenvalue weighted by atomic mass is 9.70. The summed E-state index contributed by atoms with van der Waals surface area (Å²) < 4.78 is 6.13. The highest BCUT2D eigenvalue weighted by atomic mass is 16.5. The molecule has 0 aliphatic heterocycles. The first kappa shape index (κ1) is 16.8. The molecule has 0 aromatic heterocycles. The van der Waals surface area contributed by atoms with E-state index in [1.165, 1.54) is 12.8 Å². The van der Waals surface area contributed by atoms with Crippen LogP contribution in [0.3, 0.4) is 0 Å². The SMILES string of the molecule is CCCNC(CCOC1CC2CCC1(C)C2(C)C)C(=O)O. The number of hydrogen-bond acceptors (Lipinski definition) is 3. The van der Waals surface area contributed by atoms with Crippen molar-refractivity contribution in [1.29, 1.82) is 0 Å². The van der Waals surface area contributed by atoms with Gasteiger partial charge in [-0.05, 0) is 55.4 Å². The van der Waals surface area contributed by atoms with Gasteiger partial charge in [-0.3, -0.25) is 4.79 Å². The minimum Gasteiger partial charge on any atom is -0.480 e. The summed E-state index contributed by atoms with van der Waals surface area (Å²) in [7, 11) is 0. The normalized spacial score (nSPS) is 35.0. The van der Waals surface area contributed by atoms with Gasteiger partial charge in [-0.1, -0.05) is 27.7 Å². The third-order valence-electron chi connectivity index (χ3n) is 6.38. The van der Waals surface area contributed by atoms with Gasteiger partial charge in [0.05, 0.1) is 6.10 Å². The van der Waals surface area contributed by atoms with E-state index in [1.807, 2.05) is 6.92 Å². The van der Waals surface area contributed by atoms with Gasteiger partial charge in [0.2, 0.25) is 0 Å². The third kappa shape index (κ3) is 2.98. The van der Waals surface area contributed by atoms with E-state index in [9.17, 15) is 9.90 Å². The zero-order valence-corrected chi connectivity index (χ0v) is 13.9. The largest absolute Gasteiger partial charge is 0.480 e. The second-order valence-corrected chi connectivity index (χ2v) is 7.60. The van der Waals surface area contributed by atoms with Crippen molar-refractivity contribution >= 4 is 5.97 Å². The van der Waals surface area contributed by atoms with Crippen LogP contribution in [0.25, 0.3) is 0 Å². The fourth-order valence-corrected chi connectivity index (χ4v) is 4.34. The molecule has 0 radical (unpaired) electrons. The van der Waals surface area contributed by atoms with Crippen LogP contribution in [0.4, 0.5) is 0 Å². The van der Waals surface area contributed by atoms with Crippen LogP contribution in [-0.2, 0) is 9.53 Å². The van der Waals surface area contributed by atoms with E-state index in [1.54, 1.807) is 0 Å². The van der Waals surface area contributed by atoms with Gasteiger partial charge in [-0.2, -0.15) is 0 Å². The average Bonchev–Trinajstić information content (AvgIpc) is 2.75. The van der Waals surface area contributed by atoms with Crippen molar-refractivity contribution in [2.24, 2.45) is 16.7 Å². The Hall–Kier alpha value is -0.610. The molecule has 2 N–H and O–H groups in total. The van der Waals surface area contributed by atoms with Gasteiger partial charge >= 0.3 is 5.97 Å². The molecule has 0 spiro atoms. The van der Waals surface area contributed by atoms with Crippen molar-refractivity contribution in [3.8, 4) is 0 Å². The summed E-state index contributed by atoms with van der Waals surface area (Å²) >= 11 is 0. The molecule has 0 amide bonds. The summed E-state index contributed by atoms with van der Waals surface area (Å²) in [5, 5.41) is 12.3. The van der Waals surface area contributed by atoms with E-state index in [2.05, 4.69) is 26.1 Å². The van der Waals surface area contributed by atoms with Gasteiger partial charge in [-0.25, -0.2) is 0 Å². The molecule has 0 aromatic carbocycles. The molecule has 4 heteroatoms. The summed E-state index contributed by atoms with van der Waals surface area (Å²) in [4.78, 5) is 11.2. The second-order valence-electron chi connectivity index (χ2n) is 7.60. The fraction of sp³-hybridized carbons (Fsp3) is 0.941. The number of hydrogen-bond donors (Lipinski definition) is 2. The van der Waals surface area contributed by atoms with Crippen LogP contribution in [0.2, 0.25) is 0 Å². The molecule has 4 nitrogen and oxygen atoms in total. The van der Waals surface area contributed by atoms with Gasteiger partial charge in [-0.15, -0.1) is 0 Å². The quantitative estimate of drug-likeness (QED) is 0.723. The Morgan fingerprint density at radius 1 is 1.43 bits per heavy atom. The highest BCUT2D eigenvalue weighted by Gasteiger charge is 2.61. The van der Waals surface area contributed by atoms with E-state index in [4.69, 9.17) is 4.74 Å². The van der Waals surface area contributed by atoms with Gasteiger partial charge < -0.3 is 15.2 Å². The maximum absolute atomic E-state index is 11.2. The number of aliphatic carboxylic acids is 1. The lowest BCUT2D eigenvalue weighted by Gasteiger charge is -2.39. The van der Waals surface area contributed by atoms with E-state index in [-0.39, 0.29) is 5.41 Å². The Labute approximate surface area is 128 Å². The fourth-order valence-electron chi connectivity index (χ4n) is 4.34. The highest BCUT2D eigenvalue weighted by Crippen LogP contribution is 2.66. The Morgan fingerprint density at radius 2 is 2.14 bits per heavy atom. The lowest BCUT2D eigenvalue weighted by Crippen LogP contribution is -2.40. The van der Waals surface area contributed by atoms with E-state index in [0.717, 1.165) is 25.3 Å². The summed E-state index contributed by atoms with van der Waals surface area (Å²) in [5.41, 5.74) is 0.609. The number of rotatable bonds is 8. The minimum absolute atomic E-state index is 0.257. The number of ether oxygens (including phenoxy) is 1. The topological polar surface area (TPSA) is 58.6 Å². The summed E-state index contributed by atoms with van der Waals surface area (Å²) in [5.74, 6) is -0.00692. The van der Waals surface area contributed by atoms with Crippen molar-refractivity contribution in [2.45, 2.75) is 71.9 Å². The molecule has 2 rings (SSSR count). The van der Waals surface area contributed by atoms with E-state index >= 15 is 0 Å². The summed E-state index contributed by atoms with van der Waals surface area (Å²) in [6.07, 6.45) is 5.50. The number of fused-ring (bicyclic) bond motifs is 2. The van der Waals surface area contributed by atoms with Gasteiger partial charge in [0.25, 0.3) is 0 Å². The minimum atomic E-state index is -0.772. The van der Waals surface area contributed by atoms with Crippen LogP contribution in [0.15, 0.2) is 0 Å². The molecule has 4 atom stereocenters. The molecular formula is C17H31NO3. The van der Waals surface area contributed by atoms with E-state index in [0.29, 0.717) is 24.5 Å². The molecule has 0 aromatic rings. The molecule has 2 saturated carbocycles. The monoisotopic (exact) mass is 297 g/mol. The molecule has 122 valence electrons. The highest BCUT2D eigenvalue weighted by molar-refractivity contribution is 5.73. The molecule has 4 unspecified atom stereocenters. The molecule has 2 aliphatic rings. The Bertz CT molecular complexity index is 382. The number of carboxylic acids is 1. The lowest BCUT2D eigenvalue weighted by molar-refractivity contribution is -0.140. The van der Waals surface area contributed by atoms with E-state index < -0.39 is 12.0 Å². The first-order valence-electron chi connectivity index (χ1n) is 8.40. The zero-order valence-electron chi connectivity index (χ0n) is 13.9. The van der Waals surface area contributed by atoms with Crippen molar-refractivity contribution in [1.82, 2.24) is 5.32 Å². The summed E-state index contributed by atoms with van der Waals surface area (Å²) in [6.45, 7) is 10.4. The standard InChI is InChI=1S/C17H31NO3/c1-5-9-18-13(15(19)20)7-10-21-14-11-12-6-8-17(14,4)16(12,2)3/h12-14,18H,5-11H2,1-4H3,(H,19,20). The van der Waals surface area contributed by atoms with Crippen LogP contribution in [0, 0.1) is 16.7 Å². The van der Waals surface area contributed by atoms with Crippen LogP contribution < -0.4 is 5.32 Å². The van der Waals surface area contributed by atoms with Crippen molar-refractivity contribution < 1.29 is 14.6 Å². The van der Waals surface area contributed by atoms with Crippen molar-refractivity contribution in [3.05, 3.63) is 0 Å². The molecule has 2 aliphatic carbocycles. The molecular weight excluding hydrogens is 266 g/mol. The number of carbonyl (C=O) groups is 1. The van der Waals surface area contributed by atoms with Crippen molar-refractivity contribution in [3.63, 3.8) is 0 Å². The molecule has 0 saturated heterocycles. The Morgan fingerprint density at radius 3 is 2.62 bits per heavy atom. The number of carboxylic acid groups (broad SMARTS) is 1. The first-order valence-corrected chi connectivity index (χ1v) is 8.40. The predicted molar refractivity (Wildman–Crippen MR) is 83.3 cm³/mol. The van der Waals surface area contributed by atoms with Crippen molar-refractivity contribution in [2.75, 3.05) is 13.2 Å². The van der Waals surface area contributed by atoms with Gasteiger partial charge in [0.15, 0.2) is 0 Å². The first-order chi connectivity index (χ1) is 9.83. The summed E-state index contributed by atoms with van der Waals surface area (Å²) in [6, 6.07) is -0.482. The predicted octanol–water partition coefficient (Wildman–Crippen LogP) is 3.06. The third-order valence-corrected chi connectivity index (χ3v) is 6.38. The molecule has 21 heavy (non-hydrogen) atoms. The Kier molecular flexibility index (Phi) is 4.99. The Balaban J connectivity index is 1.83.